The van der Waals surface area contributed by atoms with Gasteiger partial charge in [0.25, 0.3) is 0 Å². The Bertz CT molecular complexity index is 863. The molecule has 1 aliphatic carbocycles. The number of morpholine rings is 1. The quantitative estimate of drug-likeness (QED) is 0.635. The number of benzene rings is 2. The fourth-order valence-electron chi connectivity index (χ4n) is 4.41. The summed E-state index contributed by atoms with van der Waals surface area (Å²) in [5.41, 5.74) is 8.28. The molecule has 1 saturated heterocycles. The second-order valence-corrected chi connectivity index (χ2v) is 7.58. The topological polar surface area (TPSA) is 21.7 Å². The van der Waals surface area contributed by atoms with Gasteiger partial charge in [0.15, 0.2) is 0 Å². The summed E-state index contributed by atoms with van der Waals surface area (Å²) < 4.78 is 11.4. The zero-order valence-electron chi connectivity index (χ0n) is 17.4. The third-order valence-electron chi connectivity index (χ3n) is 5.78. The van der Waals surface area contributed by atoms with Crippen LogP contribution in [0.4, 0.5) is 0 Å². The minimum atomic E-state index is 0.641. The molecule has 29 heavy (non-hydrogen) atoms. The summed E-state index contributed by atoms with van der Waals surface area (Å²) in [6.07, 6.45) is 5.65. The van der Waals surface area contributed by atoms with Gasteiger partial charge >= 0.3 is 0 Å². The number of rotatable bonds is 6. The van der Waals surface area contributed by atoms with Crippen LogP contribution in [0.3, 0.4) is 0 Å². The van der Waals surface area contributed by atoms with Crippen molar-refractivity contribution in [2.24, 2.45) is 0 Å². The lowest BCUT2D eigenvalue weighted by Gasteiger charge is -2.34. The molecule has 3 nitrogen and oxygen atoms in total. The molecule has 0 radical (unpaired) electrons. The van der Waals surface area contributed by atoms with Crippen molar-refractivity contribution in [3.8, 4) is 0 Å². The first-order valence-electron chi connectivity index (χ1n) is 10.9. The lowest BCUT2D eigenvalue weighted by Crippen LogP contribution is -2.35. The number of hydrogen-bond acceptors (Lipinski definition) is 3. The first-order chi connectivity index (χ1) is 14.4. The van der Waals surface area contributed by atoms with Gasteiger partial charge in [0.05, 0.1) is 19.8 Å². The Morgan fingerprint density at radius 1 is 1.00 bits per heavy atom. The summed E-state index contributed by atoms with van der Waals surface area (Å²) in [4.78, 5) is 2.54. The number of ether oxygens (including phenoxy) is 2. The summed E-state index contributed by atoms with van der Waals surface area (Å²) in [6.45, 7) is 6.90. The molecule has 0 spiro atoms. The van der Waals surface area contributed by atoms with Crippen molar-refractivity contribution >= 4 is 11.3 Å². The van der Waals surface area contributed by atoms with Crippen LogP contribution in [0.2, 0.25) is 0 Å². The van der Waals surface area contributed by atoms with Crippen LogP contribution < -0.4 is 0 Å². The molecule has 2 aliphatic rings. The fourth-order valence-corrected chi connectivity index (χ4v) is 4.41. The van der Waals surface area contributed by atoms with Gasteiger partial charge in [-0.05, 0) is 48.5 Å². The molecule has 0 N–H and O–H groups in total. The van der Waals surface area contributed by atoms with Crippen molar-refractivity contribution in [3.63, 3.8) is 0 Å². The highest BCUT2D eigenvalue weighted by atomic mass is 16.5. The average Bonchev–Trinajstić information content (AvgIpc) is 2.97. The Balaban J connectivity index is 1.88. The maximum Gasteiger partial charge on any atom is 0.0656 e. The highest BCUT2D eigenvalue weighted by molar-refractivity contribution is 5.89. The van der Waals surface area contributed by atoms with Gasteiger partial charge in [0.1, 0.15) is 0 Å². The van der Waals surface area contributed by atoms with Gasteiger partial charge in [-0.3, -0.25) is 0 Å². The van der Waals surface area contributed by atoms with Crippen molar-refractivity contribution in [1.82, 2.24) is 4.90 Å². The zero-order chi connectivity index (χ0) is 19.9. The fraction of sp³-hybridized carbons (Fsp3) is 0.385. The van der Waals surface area contributed by atoms with E-state index in [1.54, 1.807) is 0 Å². The van der Waals surface area contributed by atoms with Crippen LogP contribution in [0.5, 0.6) is 0 Å². The summed E-state index contributed by atoms with van der Waals surface area (Å²) in [5.74, 6) is 0. The predicted molar refractivity (Wildman–Crippen MR) is 120 cm³/mol. The number of fused-ring (bicyclic) bond motifs is 1. The maximum absolute atomic E-state index is 5.73. The second-order valence-electron chi connectivity index (χ2n) is 7.58. The molecule has 4 rings (SSSR count). The lowest BCUT2D eigenvalue weighted by molar-refractivity contribution is 0.0637. The predicted octanol–water partition coefficient (Wildman–Crippen LogP) is 5.19. The molecule has 3 heteroatoms. The van der Waals surface area contributed by atoms with E-state index < -0.39 is 0 Å². The number of nitrogens with zero attached hydrogens (tertiary/aromatic N) is 1. The van der Waals surface area contributed by atoms with E-state index in [1.807, 2.05) is 0 Å². The molecule has 1 aliphatic heterocycles. The van der Waals surface area contributed by atoms with Crippen LogP contribution in [-0.4, -0.2) is 44.4 Å². The molecule has 0 saturated carbocycles. The first-order valence-corrected chi connectivity index (χ1v) is 10.9. The van der Waals surface area contributed by atoms with Gasteiger partial charge in [-0.1, -0.05) is 60.7 Å². The van der Waals surface area contributed by atoms with E-state index in [0.29, 0.717) is 6.61 Å². The maximum atomic E-state index is 5.73. The van der Waals surface area contributed by atoms with Crippen LogP contribution in [0.25, 0.3) is 11.3 Å². The highest BCUT2D eigenvalue weighted by Crippen LogP contribution is 2.39. The summed E-state index contributed by atoms with van der Waals surface area (Å²) in [6, 6.07) is 19.7. The monoisotopic (exact) mass is 389 g/mol. The van der Waals surface area contributed by atoms with Crippen LogP contribution in [0, 0.1) is 0 Å². The zero-order valence-corrected chi connectivity index (χ0v) is 17.4. The van der Waals surface area contributed by atoms with E-state index in [1.165, 1.54) is 40.0 Å². The smallest absolute Gasteiger partial charge is 0.0656 e. The van der Waals surface area contributed by atoms with Crippen LogP contribution >= 0.6 is 0 Å². The van der Waals surface area contributed by atoms with Crippen LogP contribution in [0.1, 0.15) is 36.5 Å². The highest BCUT2D eigenvalue weighted by Gasteiger charge is 2.25. The van der Waals surface area contributed by atoms with Crippen LogP contribution in [0.15, 0.2) is 66.2 Å². The molecule has 0 amide bonds. The summed E-state index contributed by atoms with van der Waals surface area (Å²) in [7, 11) is 0. The third kappa shape index (κ3) is 4.63. The summed E-state index contributed by atoms with van der Waals surface area (Å²) >= 11 is 0. The molecule has 0 aromatic heterocycles. The van der Waals surface area contributed by atoms with Gasteiger partial charge in [-0.15, -0.1) is 0 Å². The van der Waals surface area contributed by atoms with Crippen molar-refractivity contribution in [2.75, 3.05) is 39.5 Å². The third-order valence-corrected chi connectivity index (χ3v) is 5.78. The lowest BCUT2D eigenvalue weighted by atomic mass is 9.91. The Kier molecular flexibility index (Phi) is 6.81. The molecule has 2 aromatic rings. The molecule has 0 atom stereocenters. The molecular formula is C26H31NO2. The van der Waals surface area contributed by atoms with Crippen molar-refractivity contribution in [3.05, 3.63) is 82.9 Å². The molecule has 2 aromatic carbocycles. The molecule has 1 heterocycles. The van der Waals surface area contributed by atoms with E-state index in [2.05, 4.69) is 72.5 Å². The van der Waals surface area contributed by atoms with Crippen LogP contribution in [-0.2, 0) is 15.9 Å². The van der Waals surface area contributed by atoms with E-state index in [9.17, 15) is 0 Å². The molecule has 152 valence electrons. The largest absolute Gasteiger partial charge is 0.378 e. The van der Waals surface area contributed by atoms with E-state index in [0.717, 1.165) is 45.8 Å². The van der Waals surface area contributed by atoms with Gasteiger partial charge in [-0.2, -0.15) is 0 Å². The van der Waals surface area contributed by atoms with Gasteiger partial charge in [-0.25, -0.2) is 0 Å². The Labute approximate surface area is 174 Å². The second kappa shape index (κ2) is 9.91. The normalized spacial score (nSPS) is 17.8. The minimum Gasteiger partial charge on any atom is -0.378 e. The summed E-state index contributed by atoms with van der Waals surface area (Å²) in [5, 5.41) is 0. The van der Waals surface area contributed by atoms with Gasteiger partial charge in [0.2, 0.25) is 0 Å². The number of aryl methyl sites for hydroxylation is 1. The molecule has 1 fully saturated rings. The van der Waals surface area contributed by atoms with E-state index in [4.69, 9.17) is 9.47 Å². The number of allylic oxidation sites excluding steroid dienone is 2. The number of hydrogen-bond donors (Lipinski definition) is 0. The Morgan fingerprint density at radius 3 is 2.55 bits per heavy atom. The van der Waals surface area contributed by atoms with E-state index in [-0.39, 0.29) is 0 Å². The first kappa shape index (κ1) is 19.9. The van der Waals surface area contributed by atoms with Crippen molar-refractivity contribution in [2.45, 2.75) is 26.2 Å². The molecular weight excluding hydrogens is 358 g/mol. The SMILES string of the molecule is CCOC/C=C(/C1=C(N2CCOCC2)c2ccccc2CCC1)c1ccccc1. The van der Waals surface area contributed by atoms with Gasteiger partial charge in [0, 0.05) is 31.0 Å². The molecule has 0 unspecified atom stereocenters. The minimum absolute atomic E-state index is 0.641. The van der Waals surface area contributed by atoms with Crippen molar-refractivity contribution < 1.29 is 9.47 Å². The standard InChI is InChI=1S/C26H31NO2/c1-2-28-18-15-23(21-9-4-3-5-10-21)25-14-8-12-22-11-6-7-13-24(22)26(25)27-16-19-29-20-17-27/h3-7,9-11,13,15H,2,8,12,14,16-20H2,1H3/b23-15+. The Morgan fingerprint density at radius 2 is 1.76 bits per heavy atom. The average molecular weight is 390 g/mol. The van der Waals surface area contributed by atoms with Crippen molar-refractivity contribution in [1.29, 1.82) is 0 Å². The van der Waals surface area contributed by atoms with E-state index >= 15 is 0 Å². The van der Waals surface area contributed by atoms with Gasteiger partial charge < -0.3 is 14.4 Å². The molecule has 0 bridgehead atoms. The Hall–Kier alpha value is -2.36.